The van der Waals surface area contributed by atoms with Gasteiger partial charge in [0.1, 0.15) is 5.52 Å². The van der Waals surface area contributed by atoms with E-state index >= 15 is 0 Å². The van der Waals surface area contributed by atoms with E-state index in [0.717, 1.165) is 31.5 Å². The van der Waals surface area contributed by atoms with Crippen molar-refractivity contribution in [1.82, 2.24) is 15.0 Å². The minimum atomic E-state index is -4.55. The van der Waals surface area contributed by atoms with Crippen LogP contribution in [0.1, 0.15) is 18.4 Å². The Bertz CT molecular complexity index is 1040. The Balaban J connectivity index is 1.89. The van der Waals surface area contributed by atoms with Gasteiger partial charge in [0.15, 0.2) is 11.6 Å². The number of halogens is 3. The molecule has 0 saturated carbocycles. The number of hydrogen-bond donors (Lipinski definition) is 3. The van der Waals surface area contributed by atoms with Crippen molar-refractivity contribution in [2.24, 2.45) is 5.73 Å². The van der Waals surface area contributed by atoms with Crippen molar-refractivity contribution in [2.45, 2.75) is 25.1 Å². The van der Waals surface area contributed by atoms with E-state index < -0.39 is 11.7 Å². The molecule has 29 heavy (non-hydrogen) atoms. The predicted molar refractivity (Wildman–Crippen MR) is 106 cm³/mol. The van der Waals surface area contributed by atoms with Crippen molar-refractivity contribution in [3.63, 3.8) is 0 Å². The molecule has 1 aliphatic rings. The fourth-order valence-electron chi connectivity index (χ4n) is 3.60. The summed E-state index contributed by atoms with van der Waals surface area (Å²) in [6.07, 6.45) is -1.10. The molecule has 0 aliphatic carbocycles. The van der Waals surface area contributed by atoms with Gasteiger partial charge in [0, 0.05) is 36.7 Å². The van der Waals surface area contributed by atoms with Crippen molar-refractivity contribution in [2.75, 3.05) is 29.5 Å². The number of piperidine rings is 1. The summed E-state index contributed by atoms with van der Waals surface area (Å²) >= 11 is 0. The zero-order valence-corrected chi connectivity index (χ0v) is 15.4. The molecule has 0 radical (unpaired) electrons. The van der Waals surface area contributed by atoms with Crippen LogP contribution in [-0.2, 0) is 6.18 Å². The van der Waals surface area contributed by atoms with Crippen LogP contribution >= 0.6 is 0 Å². The number of fused-ring (bicyclic) bond motifs is 1. The Morgan fingerprint density at radius 3 is 2.48 bits per heavy atom. The zero-order valence-electron chi connectivity index (χ0n) is 15.4. The minimum absolute atomic E-state index is 0.00198. The molecule has 1 fully saturated rings. The number of benzene rings is 1. The van der Waals surface area contributed by atoms with E-state index in [-0.39, 0.29) is 28.8 Å². The number of anilines is 3. The Labute approximate surface area is 164 Å². The molecular weight excluding hydrogens is 383 g/mol. The summed E-state index contributed by atoms with van der Waals surface area (Å²) < 4.78 is 39.2. The van der Waals surface area contributed by atoms with Gasteiger partial charge in [-0.25, -0.2) is 9.97 Å². The molecule has 152 valence electrons. The summed E-state index contributed by atoms with van der Waals surface area (Å²) in [4.78, 5) is 15.5. The first-order valence-electron chi connectivity index (χ1n) is 9.14. The average molecular weight is 403 g/mol. The van der Waals surface area contributed by atoms with Crippen LogP contribution in [0.15, 0.2) is 30.5 Å². The fourth-order valence-corrected chi connectivity index (χ4v) is 3.60. The van der Waals surface area contributed by atoms with Gasteiger partial charge in [0.2, 0.25) is 0 Å². The van der Waals surface area contributed by atoms with Crippen molar-refractivity contribution in [3.05, 3.63) is 36.0 Å². The maximum absolute atomic E-state index is 13.1. The molecule has 3 aromatic rings. The van der Waals surface area contributed by atoms with Gasteiger partial charge in [-0.1, -0.05) is 0 Å². The van der Waals surface area contributed by atoms with Crippen LogP contribution in [0.3, 0.4) is 0 Å². The Morgan fingerprint density at radius 2 is 1.83 bits per heavy atom. The van der Waals surface area contributed by atoms with Crippen molar-refractivity contribution < 1.29 is 13.2 Å². The molecule has 10 heteroatoms. The first-order chi connectivity index (χ1) is 13.7. The summed E-state index contributed by atoms with van der Waals surface area (Å²) in [5.41, 5.74) is 18.1. The first kappa shape index (κ1) is 19.2. The minimum Gasteiger partial charge on any atom is -0.398 e. The average Bonchev–Trinajstić information content (AvgIpc) is 2.66. The Morgan fingerprint density at radius 1 is 1.10 bits per heavy atom. The van der Waals surface area contributed by atoms with Crippen LogP contribution in [0, 0.1) is 0 Å². The molecule has 7 nitrogen and oxygen atoms in total. The molecule has 2 aromatic heterocycles. The largest absolute Gasteiger partial charge is 0.416 e. The lowest BCUT2D eigenvalue weighted by Crippen LogP contribution is -2.43. The third kappa shape index (κ3) is 3.63. The van der Waals surface area contributed by atoms with E-state index in [1.165, 1.54) is 0 Å². The molecule has 1 atom stereocenters. The molecule has 0 spiro atoms. The quantitative estimate of drug-likeness (QED) is 0.563. The van der Waals surface area contributed by atoms with Crippen molar-refractivity contribution in [3.8, 4) is 11.4 Å². The molecule has 3 heterocycles. The molecule has 0 amide bonds. The zero-order chi connectivity index (χ0) is 20.8. The van der Waals surface area contributed by atoms with Crippen LogP contribution in [0.5, 0.6) is 0 Å². The molecular formula is C19H20F3N7. The number of hydrogen-bond acceptors (Lipinski definition) is 7. The van der Waals surface area contributed by atoms with Crippen LogP contribution in [-0.4, -0.2) is 34.1 Å². The number of aromatic nitrogens is 3. The summed E-state index contributed by atoms with van der Waals surface area (Å²) in [7, 11) is 0. The standard InChI is InChI=1S/C19H20F3N7/c20-19(21,22)10-7-12(24)15(13(25)8-10)17-27-14-4-1-5-26-16(14)18(28-17)29-6-2-3-11(23)9-29/h1,4-5,7-8,11H,2-3,6,9,23-25H2. The molecule has 0 bridgehead atoms. The van der Waals surface area contributed by atoms with E-state index in [9.17, 15) is 13.2 Å². The monoisotopic (exact) mass is 403 g/mol. The van der Waals surface area contributed by atoms with Gasteiger partial charge in [0.25, 0.3) is 0 Å². The van der Waals surface area contributed by atoms with E-state index in [1.54, 1.807) is 18.3 Å². The highest BCUT2D eigenvalue weighted by molar-refractivity contribution is 5.91. The van der Waals surface area contributed by atoms with Crippen LogP contribution in [0.2, 0.25) is 0 Å². The van der Waals surface area contributed by atoms with Crippen LogP contribution in [0.4, 0.5) is 30.4 Å². The lowest BCUT2D eigenvalue weighted by atomic mass is 10.0. The van der Waals surface area contributed by atoms with Crippen LogP contribution < -0.4 is 22.1 Å². The predicted octanol–water partition coefficient (Wildman–Crippen LogP) is 2.80. The number of alkyl halides is 3. The van der Waals surface area contributed by atoms with Gasteiger partial charge in [-0.3, -0.25) is 4.98 Å². The second-order valence-electron chi connectivity index (χ2n) is 7.12. The van der Waals surface area contributed by atoms with E-state index in [1.807, 2.05) is 4.90 Å². The Hall–Kier alpha value is -3.14. The fraction of sp³-hybridized carbons (Fsp3) is 0.316. The molecule has 4 rings (SSSR count). The summed E-state index contributed by atoms with van der Waals surface area (Å²) in [5.74, 6) is 0.725. The third-order valence-electron chi connectivity index (χ3n) is 4.94. The second kappa shape index (κ2) is 7.03. The Kier molecular flexibility index (Phi) is 4.65. The lowest BCUT2D eigenvalue weighted by molar-refractivity contribution is -0.137. The molecule has 1 unspecified atom stereocenters. The smallest absolute Gasteiger partial charge is 0.398 e. The van der Waals surface area contributed by atoms with E-state index in [4.69, 9.17) is 17.2 Å². The topological polar surface area (TPSA) is 120 Å². The highest BCUT2D eigenvalue weighted by Gasteiger charge is 2.32. The maximum atomic E-state index is 13.1. The number of rotatable bonds is 2. The molecule has 6 N–H and O–H groups in total. The SMILES string of the molecule is Nc1cc(C(F)(F)F)cc(N)c1-c1nc(N2CCCC(N)C2)c2ncccc2n1. The summed E-state index contributed by atoms with van der Waals surface area (Å²) in [6, 6.07) is 5.18. The van der Waals surface area contributed by atoms with Gasteiger partial charge in [-0.05, 0) is 37.1 Å². The third-order valence-corrected chi connectivity index (χ3v) is 4.94. The van der Waals surface area contributed by atoms with Gasteiger partial charge in [-0.2, -0.15) is 13.2 Å². The number of nitrogens with two attached hydrogens (primary N) is 3. The lowest BCUT2D eigenvalue weighted by Gasteiger charge is -2.32. The van der Waals surface area contributed by atoms with Crippen LogP contribution in [0.25, 0.3) is 22.4 Å². The van der Waals surface area contributed by atoms with E-state index in [0.29, 0.717) is 23.4 Å². The highest BCUT2D eigenvalue weighted by Crippen LogP contribution is 2.39. The molecule has 1 aromatic carbocycles. The van der Waals surface area contributed by atoms with Gasteiger partial charge in [-0.15, -0.1) is 0 Å². The van der Waals surface area contributed by atoms with Gasteiger partial charge < -0.3 is 22.1 Å². The second-order valence-corrected chi connectivity index (χ2v) is 7.12. The molecule has 1 aliphatic heterocycles. The summed E-state index contributed by atoms with van der Waals surface area (Å²) in [6.45, 7) is 1.34. The van der Waals surface area contributed by atoms with Gasteiger partial charge in [0.05, 0.1) is 16.6 Å². The van der Waals surface area contributed by atoms with E-state index in [2.05, 4.69) is 15.0 Å². The van der Waals surface area contributed by atoms with Crippen molar-refractivity contribution in [1.29, 1.82) is 0 Å². The summed E-state index contributed by atoms with van der Waals surface area (Å²) in [5, 5.41) is 0. The number of nitrogens with zero attached hydrogens (tertiary/aromatic N) is 4. The highest BCUT2D eigenvalue weighted by atomic mass is 19.4. The van der Waals surface area contributed by atoms with Gasteiger partial charge >= 0.3 is 6.18 Å². The number of pyridine rings is 1. The first-order valence-corrected chi connectivity index (χ1v) is 9.14. The number of nitrogen functional groups attached to an aromatic ring is 2. The molecule has 1 saturated heterocycles. The van der Waals surface area contributed by atoms with Crippen molar-refractivity contribution >= 4 is 28.2 Å². The normalized spacial score (nSPS) is 17.7. The maximum Gasteiger partial charge on any atom is 0.416 e.